The maximum absolute atomic E-state index is 13.7. The van der Waals surface area contributed by atoms with Gasteiger partial charge in [0.2, 0.25) is 5.95 Å². The molecule has 2 aliphatic heterocycles. The van der Waals surface area contributed by atoms with Gasteiger partial charge in [-0.05, 0) is 48.4 Å². The summed E-state index contributed by atoms with van der Waals surface area (Å²) in [5.41, 5.74) is 5.84. The van der Waals surface area contributed by atoms with Crippen molar-refractivity contribution in [2.24, 2.45) is 0 Å². The van der Waals surface area contributed by atoms with Crippen LogP contribution in [-0.2, 0) is 0 Å². The van der Waals surface area contributed by atoms with Crippen LogP contribution in [0.3, 0.4) is 0 Å². The molecule has 0 aliphatic carbocycles. The predicted octanol–water partition coefficient (Wildman–Crippen LogP) is 4.68. The van der Waals surface area contributed by atoms with Crippen molar-refractivity contribution in [3.05, 3.63) is 107 Å². The highest BCUT2D eigenvalue weighted by Crippen LogP contribution is 2.50. The number of ether oxygens (including phenoxy) is 1. The molecule has 1 N–H and O–H groups in total. The third-order valence-corrected chi connectivity index (χ3v) is 5.74. The van der Waals surface area contributed by atoms with Gasteiger partial charge in [-0.2, -0.15) is 10.1 Å². The van der Waals surface area contributed by atoms with E-state index in [-0.39, 0.29) is 11.9 Å². The largest absolute Gasteiger partial charge is 0.480 e. The molecule has 2 atom stereocenters. The Kier molecular flexibility index (Phi) is 3.89. The second-order valence-corrected chi connectivity index (χ2v) is 7.72. The van der Waals surface area contributed by atoms with E-state index in [0.29, 0.717) is 5.95 Å². The minimum absolute atomic E-state index is 0.272. The van der Waals surface area contributed by atoms with Gasteiger partial charge in [0.1, 0.15) is 30.0 Å². The average molecular weight is 411 g/mol. The van der Waals surface area contributed by atoms with E-state index in [1.54, 1.807) is 18.3 Å². The van der Waals surface area contributed by atoms with Gasteiger partial charge in [0.25, 0.3) is 0 Å². The number of anilines is 1. The number of benzene rings is 2. The van der Waals surface area contributed by atoms with Crippen molar-refractivity contribution in [1.82, 2.24) is 19.7 Å². The van der Waals surface area contributed by atoms with Gasteiger partial charge in [0, 0.05) is 23.5 Å². The maximum Gasteiger partial charge on any atom is 0.226 e. The van der Waals surface area contributed by atoms with E-state index >= 15 is 0 Å². The first kappa shape index (κ1) is 17.8. The molecule has 0 amide bonds. The van der Waals surface area contributed by atoms with Crippen LogP contribution in [0.2, 0.25) is 0 Å². The van der Waals surface area contributed by atoms with Crippen LogP contribution in [0.25, 0.3) is 5.70 Å². The zero-order valence-corrected chi connectivity index (χ0v) is 16.7. The maximum atomic E-state index is 13.7. The lowest BCUT2D eigenvalue weighted by atomic mass is 9.85. The molecule has 0 saturated carbocycles. The van der Waals surface area contributed by atoms with E-state index in [0.717, 1.165) is 39.3 Å². The van der Waals surface area contributed by atoms with Crippen molar-refractivity contribution in [1.29, 1.82) is 0 Å². The van der Waals surface area contributed by atoms with Gasteiger partial charge in [-0.3, -0.25) is 4.98 Å². The summed E-state index contributed by atoms with van der Waals surface area (Å²) in [6, 6.07) is 16.2. The molecule has 2 aromatic heterocycles. The van der Waals surface area contributed by atoms with Crippen LogP contribution in [0.15, 0.2) is 78.9 Å². The Morgan fingerprint density at radius 1 is 1.06 bits per heavy atom. The van der Waals surface area contributed by atoms with Crippen LogP contribution in [0, 0.1) is 12.7 Å². The van der Waals surface area contributed by atoms with Crippen molar-refractivity contribution in [2.45, 2.75) is 19.1 Å². The van der Waals surface area contributed by atoms with Crippen molar-refractivity contribution in [3.8, 4) is 5.75 Å². The molecule has 31 heavy (non-hydrogen) atoms. The summed E-state index contributed by atoms with van der Waals surface area (Å²) in [5, 5.41) is 7.95. The van der Waals surface area contributed by atoms with Crippen LogP contribution < -0.4 is 10.1 Å². The normalized spacial score (nSPS) is 19.0. The number of aromatic nitrogens is 4. The fraction of sp³-hybridized carbons (Fsp3) is 0.125. The van der Waals surface area contributed by atoms with Gasteiger partial charge >= 0.3 is 0 Å². The summed E-state index contributed by atoms with van der Waals surface area (Å²) < 4.78 is 22.0. The van der Waals surface area contributed by atoms with E-state index in [1.165, 1.54) is 18.5 Å². The first-order valence-electron chi connectivity index (χ1n) is 10.0. The Labute approximate surface area is 178 Å². The summed E-state index contributed by atoms with van der Waals surface area (Å²) in [4.78, 5) is 8.75. The second kappa shape index (κ2) is 6.77. The number of fused-ring (bicyclic) bond motifs is 3. The van der Waals surface area contributed by atoms with Gasteiger partial charge in [0.05, 0.1) is 5.70 Å². The quantitative estimate of drug-likeness (QED) is 0.519. The van der Waals surface area contributed by atoms with Crippen LogP contribution in [0.1, 0.15) is 34.4 Å². The lowest BCUT2D eigenvalue weighted by Gasteiger charge is -2.39. The Morgan fingerprint density at radius 3 is 2.74 bits per heavy atom. The van der Waals surface area contributed by atoms with E-state index in [9.17, 15) is 4.39 Å². The fourth-order valence-corrected chi connectivity index (χ4v) is 4.35. The summed E-state index contributed by atoms with van der Waals surface area (Å²) >= 11 is 0. The summed E-state index contributed by atoms with van der Waals surface area (Å²) in [6.45, 7) is 2.05. The molecule has 0 fully saturated rings. The fourth-order valence-electron chi connectivity index (χ4n) is 4.35. The molecule has 4 aromatic rings. The highest BCUT2D eigenvalue weighted by molar-refractivity contribution is 5.85. The molecule has 0 saturated heterocycles. The number of rotatable bonds is 2. The Balaban J connectivity index is 1.64. The standard InChI is InChI=1S/C24H18FN5O/c1-14-4-9-19-18(11-14)21-20(23(31-19)15-5-7-17(25)8-6-15)22(16-3-2-10-26-12-16)30-24(29-21)27-13-28-30/h2-13,22-23H,1H3,(H,27,28,29)/t22-,23+/m0/s1. The molecule has 2 aliphatic rings. The highest BCUT2D eigenvalue weighted by atomic mass is 19.1. The van der Waals surface area contributed by atoms with Crippen molar-refractivity contribution in [3.63, 3.8) is 0 Å². The number of hydrogen-bond donors (Lipinski definition) is 1. The minimum Gasteiger partial charge on any atom is -0.480 e. The van der Waals surface area contributed by atoms with Gasteiger partial charge in [-0.25, -0.2) is 9.07 Å². The molecule has 0 radical (unpaired) electrons. The Bertz CT molecular complexity index is 1310. The number of nitrogens with one attached hydrogen (secondary N) is 1. The molecule has 7 heteroatoms. The SMILES string of the molecule is Cc1ccc2c(c1)C1=C([C@H](c3cccnc3)n3ncnc3N1)[C@@H](c1ccc(F)cc1)O2. The number of aryl methyl sites for hydroxylation is 1. The number of hydrogen-bond acceptors (Lipinski definition) is 5. The Hall–Kier alpha value is -4.00. The zero-order valence-electron chi connectivity index (χ0n) is 16.7. The first-order valence-corrected chi connectivity index (χ1v) is 10.0. The molecule has 2 aromatic carbocycles. The molecule has 0 spiro atoms. The molecule has 6 rings (SSSR count). The van der Waals surface area contributed by atoms with Crippen LogP contribution in [0.5, 0.6) is 5.75 Å². The highest BCUT2D eigenvalue weighted by Gasteiger charge is 2.41. The van der Waals surface area contributed by atoms with E-state index in [2.05, 4.69) is 33.4 Å². The Morgan fingerprint density at radius 2 is 1.94 bits per heavy atom. The third-order valence-electron chi connectivity index (χ3n) is 5.74. The molecule has 4 heterocycles. The van der Waals surface area contributed by atoms with Crippen LogP contribution in [-0.4, -0.2) is 19.7 Å². The number of nitrogens with zero attached hydrogens (tertiary/aromatic N) is 4. The van der Waals surface area contributed by atoms with Crippen molar-refractivity contribution >= 4 is 11.6 Å². The molecular weight excluding hydrogens is 393 g/mol. The number of halogens is 1. The van der Waals surface area contributed by atoms with E-state index in [1.807, 2.05) is 35.1 Å². The molecule has 0 unspecified atom stereocenters. The minimum atomic E-state index is -0.430. The van der Waals surface area contributed by atoms with Crippen molar-refractivity contribution < 1.29 is 9.13 Å². The summed E-state index contributed by atoms with van der Waals surface area (Å²) in [5.74, 6) is 1.14. The summed E-state index contributed by atoms with van der Waals surface area (Å²) in [6.07, 6.45) is 4.69. The third kappa shape index (κ3) is 2.81. The lowest BCUT2D eigenvalue weighted by molar-refractivity contribution is 0.223. The second-order valence-electron chi connectivity index (χ2n) is 7.72. The van der Waals surface area contributed by atoms with Gasteiger partial charge < -0.3 is 10.1 Å². The number of pyridine rings is 1. The topological polar surface area (TPSA) is 64.9 Å². The van der Waals surface area contributed by atoms with Crippen molar-refractivity contribution in [2.75, 3.05) is 5.32 Å². The first-order chi connectivity index (χ1) is 15.2. The van der Waals surface area contributed by atoms with Gasteiger partial charge in [0.15, 0.2) is 0 Å². The average Bonchev–Trinajstić information content (AvgIpc) is 3.27. The van der Waals surface area contributed by atoms with Crippen LogP contribution in [0.4, 0.5) is 10.3 Å². The monoisotopic (exact) mass is 411 g/mol. The molecule has 152 valence electrons. The molecule has 0 bridgehead atoms. The molecule has 6 nitrogen and oxygen atoms in total. The summed E-state index contributed by atoms with van der Waals surface area (Å²) in [7, 11) is 0. The van der Waals surface area contributed by atoms with E-state index in [4.69, 9.17) is 4.74 Å². The van der Waals surface area contributed by atoms with Gasteiger partial charge in [-0.1, -0.05) is 29.8 Å². The van der Waals surface area contributed by atoms with E-state index < -0.39 is 6.10 Å². The zero-order chi connectivity index (χ0) is 20.9. The van der Waals surface area contributed by atoms with Crippen LogP contribution >= 0.6 is 0 Å². The molecular formula is C24H18FN5O. The predicted molar refractivity (Wildman–Crippen MR) is 114 cm³/mol. The smallest absolute Gasteiger partial charge is 0.226 e. The van der Waals surface area contributed by atoms with Gasteiger partial charge in [-0.15, -0.1) is 0 Å². The lowest BCUT2D eigenvalue weighted by Crippen LogP contribution is -2.32.